The Morgan fingerprint density at radius 1 is 1.47 bits per heavy atom. The van der Waals surface area contributed by atoms with Gasteiger partial charge in [-0.2, -0.15) is 0 Å². The van der Waals surface area contributed by atoms with Crippen molar-refractivity contribution in [1.29, 1.82) is 0 Å². The lowest BCUT2D eigenvalue weighted by molar-refractivity contribution is -0.140. The summed E-state index contributed by atoms with van der Waals surface area (Å²) in [6.45, 7) is 0.598. The van der Waals surface area contributed by atoms with Crippen LogP contribution >= 0.6 is 0 Å². The van der Waals surface area contributed by atoms with Crippen LogP contribution in [0.25, 0.3) is 0 Å². The Labute approximate surface area is 89.6 Å². The first-order chi connectivity index (χ1) is 7.15. The average molecular weight is 208 g/mol. The quantitative estimate of drug-likeness (QED) is 0.598. The van der Waals surface area contributed by atoms with Gasteiger partial charge in [0.2, 0.25) is 0 Å². The molecule has 0 amide bonds. The van der Waals surface area contributed by atoms with E-state index in [0.29, 0.717) is 18.7 Å². The second-order valence-electron chi connectivity index (χ2n) is 3.31. The van der Waals surface area contributed by atoms with Crippen molar-refractivity contribution in [3.8, 4) is 0 Å². The van der Waals surface area contributed by atoms with Gasteiger partial charge in [-0.15, -0.1) is 0 Å². The smallest absolute Gasteiger partial charge is 0.307 e. The van der Waals surface area contributed by atoms with Gasteiger partial charge >= 0.3 is 5.97 Å². The highest BCUT2D eigenvalue weighted by atomic mass is 16.5. The maximum absolute atomic E-state index is 11.0. The Kier molecular flexibility index (Phi) is 3.97. The molecular weight excluding hydrogens is 192 g/mol. The Bertz CT molecular complexity index is 339. The lowest BCUT2D eigenvalue weighted by Crippen LogP contribution is -2.22. The van der Waals surface area contributed by atoms with Crippen LogP contribution in [0.5, 0.6) is 0 Å². The van der Waals surface area contributed by atoms with Crippen LogP contribution in [0.1, 0.15) is 6.42 Å². The van der Waals surface area contributed by atoms with Gasteiger partial charge in [0.15, 0.2) is 0 Å². The molecule has 0 heterocycles. The first kappa shape index (κ1) is 11.4. The Morgan fingerprint density at radius 3 is 2.73 bits per heavy atom. The first-order valence-electron chi connectivity index (χ1n) is 4.77. The maximum atomic E-state index is 11.0. The van der Waals surface area contributed by atoms with Crippen LogP contribution in [0.15, 0.2) is 24.3 Å². The minimum atomic E-state index is -0.212. The van der Waals surface area contributed by atoms with Gasteiger partial charge in [0.25, 0.3) is 0 Å². The van der Waals surface area contributed by atoms with E-state index in [4.69, 9.17) is 5.73 Å². The molecule has 0 radical (unpaired) electrons. The summed E-state index contributed by atoms with van der Waals surface area (Å²) in [7, 11) is 3.29. The van der Waals surface area contributed by atoms with Crippen LogP contribution < -0.4 is 10.6 Å². The number of ether oxygens (including phenoxy) is 1. The van der Waals surface area contributed by atoms with E-state index in [0.717, 1.165) is 5.69 Å². The largest absolute Gasteiger partial charge is 0.469 e. The highest BCUT2D eigenvalue weighted by Crippen LogP contribution is 2.20. The number of nitrogen functional groups attached to an aromatic ring is 1. The molecule has 0 saturated heterocycles. The van der Waals surface area contributed by atoms with Gasteiger partial charge in [0, 0.05) is 13.6 Å². The summed E-state index contributed by atoms with van der Waals surface area (Å²) in [4.78, 5) is 12.9. The Morgan fingerprint density at radius 2 is 2.13 bits per heavy atom. The SMILES string of the molecule is COC(=O)CCN(C)c1ccccc1N. The molecule has 0 aliphatic heterocycles. The number of anilines is 2. The van der Waals surface area contributed by atoms with Crippen LogP contribution in [-0.2, 0) is 9.53 Å². The molecule has 1 aromatic rings. The second-order valence-corrected chi connectivity index (χ2v) is 3.31. The summed E-state index contributed by atoms with van der Waals surface area (Å²) in [6.07, 6.45) is 0.362. The molecule has 0 atom stereocenters. The van der Waals surface area contributed by atoms with Crippen molar-refractivity contribution < 1.29 is 9.53 Å². The molecule has 15 heavy (non-hydrogen) atoms. The van der Waals surface area contributed by atoms with E-state index in [1.54, 1.807) is 0 Å². The molecule has 0 spiro atoms. The molecule has 0 saturated carbocycles. The number of carbonyl (C=O) groups excluding carboxylic acids is 1. The number of nitrogens with zero attached hydrogens (tertiary/aromatic N) is 1. The van der Waals surface area contributed by atoms with Crippen LogP contribution in [-0.4, -0.2) is 26.7 Å². The molecule has 0 aromatic heterocycles. The monoisotopic (exact) mass is 208 g/mol. The van der Waals surface area contributed by atoms with Crippen LogP contribution in [0, 0.1) is 0 Å². The summed E-state index contributed by atoms with van der Waals surface area (Å²) in [5.41, 5.74) is 7.45. The van der Waals surface area contributed by atoms with Crippen molar-refractivity contribution in [1.82, 2.24) is 0 Å². The third kappa shape index (κ3) is 3.16. The Balaban J connectivity index is 2.57. The van der Waals surface area contributed by atoms with Gasteiger partial charge in [0.05, 0.1) is 24.9 Å². The van der Waals surface area contributed by atoms with Gasteiger partial charge in [-0.05, 0) is 12.1 Å². The van der Waals surface area contributed by atoms with Gasteiger partial charge < -0.3 is 15.4 Å². The van der Waals surface area contributed by atoms with E-state index >= 15 is 0 Å². The van der Waals surface area contributed by atoms with Gasteiger partial charge in [-0.3, -0.25) is 4.79 Å². The number of para-hydroxylation sites is 2. The van der Waals surface area contributed by atoms with Crippen molar-refractivity contribution in [2.24, 2.45) is 0 Å². The third-order valence-corrected chi connectivity index (χ3v) is 2.23. The fourth-order valence-electron chi connectivity index (χ4n) is 1.32. The van der Waals surface area contributed by atoms with Crippen molar-refractivity contribution in [2.45, 2.75) is 6.42 Å². The molecular formula is C11H16N2O2. The molecule has 4 heteroatoms. The van der Waals surface area contributed by atoms with Crippen molar-refractivity contribution in [3.05, 3.63) is 24.3 Å². The Hall–Kier alpha value is -1.71. The van der Waals surface area contributed by atoms with Crippen molar-refractivity contribution >= 4 is 17.3 Å². The van der Waals surface area contributed by atoms with E-state index in [2.05, 4.69) is 4.74 Å². The minimum absolute atomic E-state index is 0.212. The predicted molar refractivity (Wildman–Crippen MR) is 60.8 cm³/mol. The highest BCUT2D eigenvalue weighted by molar-refractivity contribution is 5.71. The van der Waals surface area contributed by atoms with E-state index in [9.17, 15) is 4.79 Å². The second kappa shape index (κ2) is 5.24. The molecule has 4 nitrogen and oxygen atoms in total. The van der Waals surface area contributed by atoms with E-state index in [1.165, 1.54) is 7.11 Å². The lowest BCUT2D eigenvalue weighted by Gasteiger charge is -2.20. The predicted octanol–water partition coefficient (Wildman–Crippen LogP) is 1.27. The molecule has 0 bridgehead atoms. The number of nitrogens with two attached hydrogens (primary N) is 1. The van der Waals surface area contributed by atoms with E-state index in [1.807, 2.05) is 36.2 Å². The van der Waals surface area contributed by atoms with Gasteiger partial charge in [-0.25, -0.2) is 0 Å². The number of esters is 1. The topological polar surface area (TPSA) is 55.6 Å². The van der Waals surface area contributed by atoms with Crippen molar-refractivity contribution in [2.75, 3.05) is 31.3 Å². The molecule has 1 rings (SSSR count). The zero-order valence-corrected chi connectivity index (χ0v) is 9.06. The van der Waals surface area contributed by atoms with Crippen LogP contribution in [0.3, 0.4) is 0 Å². The molecule has 0 aliphatic rings. The van der Waals surface area contributed by atoms with E-state index in [-0.39, 0.29) is 5.97 Å². The fraction of sp³-hybridized carbons (Fsp3) is 0.364. The number of methoxy groups -OCH3 is 1. The summed E-state index contributed by atoms with van der Waals surface area (Å²) in [6, 6.07) is 7.56. The minimum Gasteiger partial charge on any atom is -0.469 e. The number of carbonyl (C=O) groups is 1. The zero-order valence-electron chi connectivity index (χ0n) is 9.06. The summed E-state index contributed by atoms with van der Waals surface area (Å²) >= 11 is 0. The molecule has 82 valence electrons. The first-order valence-corrected chi connectivity index (χ1v) is 4.77. The molecule has 0 unspecified atom stereocenters. The van der Waals surface area contributed by atoms with Gasteiger partial charge in [0.1, 0.15) is 0 Å². The molecule has 0 aliphatic carbocycles. The molecule has 0 fully saturated rings. The van der Waals surface area contributed by atoms with Crippen LogP contribution in [0.2, 0.25) is 0 Å². The molecule has 1 aromatic carbocycles. The summed E-state index contributed by atoms with van der Waals surface area (Å²) < 4.78 is 4.57. The summed E-state index contributed by atoms with van der Waals surface area (Å²) in [5.74, 6) is -0.212. The van der Waals surface area contributed by atoms with Gasteiger partial charge in [-0.1, -0.05) is 12.1 Å². The van der Waals surface area contributed by atoms with Crippen molar-refractivity contribution in [3.63, 3.8) is 0 Å². The third-order valence-electron chi connectivity index (χ3n) is 2.23. The van der Waals surface area contributed by atoms with Crippen LogP contribution in [0.4, 0.5) is 11.4 Å². The normalized spacial score (nSPS) is 9.73. The highest BCUT2D eigenvalue weighted by Gasteiger charge is 2.06. The van der Waals surface area contributed by atoms with E-state index < -0.39 is 0 Å². The maximum Gasteiger partial charge on any atom is 0.307 e. The number of benzene rings is 1. The standard InChI is InChI=1S/C11H16N2O2/c1-13(8-7-11(14)15-2)10-6-4-3-5-9(10)12/h3-6H,7-8,12H2,1-2H3. The lowest BCUT2D eigenvalue weighted by atomic mass is 10.2. The average Bonchev–Trinajstić information content (AvgIpc) is 2.26. The number of hydrogen-bond donors (Lipinski definition) is 1. The molecule has 2 N–H and O–H groups in total. The fourth-order valence-corrected chi connectivity index (χ4v) is 1.32. The summed E-state index contributed by atoms with van der Waals surface area (Å²) in [5, 5.41) is 0. The zero-order chi connectivity index (χ0) is 11.3. The number of hydrogen-bond acceptors (Lipinski definition) is 4. The number of rotatable bonds is 4.